The first kappa shape index (κ1) is 25.8. The van der Waals surface area contributed by atoms with Crippen molar-refractivity contribution in [3.05, 3.63) is 141 Å². The molecular weight excluding hydrogens is 507 g/mol. The third kappa shape index (κ3) is 5.24. The second-order valence-corrected chi connectivity index (χ2v) is 11.2. The van der Waals surface area contributed by atoms with E-state index in [4.69, 9.17) is 11.6 Å². The first-order valence-electron chi connectivity index (χ1n) is 13.7. The smallest absolute Gasteiger partial charge is 0.237 e. The minimum Gasteiger partial charge on any atom is -0.333 e. The number of benzene rings is 4. The van der Waals surface area contributed by atoms with E-state index in [1.165, 1.54) is 28.3 Å². The lowest BCUT2D eigenvalue weighted by atomic mass is 9.86. The van der Waals surface area contributed by atoms with E-state index in [0.29, 0.717) is 10.6 Å². The Kier molecular flexibility index (Phi) is 7.24. The monoisotopic (exact) mass is 538 g/mol. The number of aryl methyl sites for hydroxylation is 1. The average Bonchev–Trinajstić information content (AvgIpc) is 3.38. The van der Waals surface area contributed by atoms with E-state index in [9.17, 15) is 9.18 Å². The minimum absolute atomic E-state index is 0.00191. The van der Waals surface area contributed by atoms with Crippen LogP contribution in [0.15, 0.2) is 91.0 Å². The fraction of sp³-hybridized carbons (Fsp3) is 0.265. The summed E-state index contributed by atoms with van der Waals surface area (Å²) in [7, 11) is 0. The van der Waals surface area contributed by atoms with Gasteiger partial charge in [0.25, 0.3) is 0 Å². The maximum atomic E-state index is 14.8. The summed E-state index contributed by atoms with van der Waals surface area (Å²) in [5.41, 5.74) is 7.88. The molecule has 6 rings (SSSR count). The zero-order chi connectivity index (χ0) is 26.9. The summed E-state index contributed by atoms with van der Waals surface area (Å²) in [5, 5.41) is 0.690. The van der Waals surface area contributed by atoms with Crippen LogP contribution >= 0.6 is 11.6 Å². The van der Waals surface area contributed by atoms with Crippen LogP contribution in [0.2, 0.25) is 5.02 Å². The molecule has 0 aromatic heterocycles. The Labute approximate surface area is 234 Å². The molecule has 0 saturated heterocycles. The quantitative estimate of drug-likeness (QED) is 0.266. The van der Waals surface area contributed by atoms with Crippen LogP contribution in [0.3, 0.4) is 0 Å². The van der Waals surface area contributed by atoms with Gasteiger partial charge < -0.3 is 4.90 Å². The van der Waals surface area contributed by atoms with E-state index < -0.39 is 0 Å². The number of carbonyl (C=O) groups excluding carboxylic acids is 1. The summed E-state index contributed by atoms with van der Waals surface area (Å²) in [6.07, 6.45) is 2.45. The van der Waals surface area contributed by atoms with Gasteiger partial charge in [0, 0.05) is 29.7 Å². The first-order chi connectivity index (χ1) is 19.0. The summed E-state index contributed by atoms with van der Waals surface area (Å²) in [6.45, 7) is 3.38. The summed E-state index contributed by atoms with van der Waals surface area (Å²) in [4.78, 5) is 18.4. The molecule has 1 aliphatic heterocycles. The molecule has 4 aromatic rings. The number of carbonyl (C=O) groups is 1. The van der Waals surface area contributed by atoms with E-state index in [1.54, 1.807) is 12.1 Å². The van der Waals surface area contributed by atoms with Crippen molar-refractivity contribution in [3.63, 3.8) is 0 Å². The molecule has 2 aliphatic rings. The lowest BCUT2D eigenvalue weighted by Gasteiger charge is -2.40. The standard InChI is InChI=1S/C34H32ClFN2O/c1-23-14-15-28(35)20-31(23)34-30-12-6-4-8-24(30)16-17-37(34)22-33(39)38(21-27-11-5-7-13-32(27)36)29-18-25-9-2-3-10-26(25)19-29/h2-15,20,29,34H,16-19,21-22H2,1H3. The highest BCUT2D eigenvalue weighted by atomic mass is 35.5. The van der Waals surface area contributed by atoms with Crippen LogP contribution in [-0.2, 0) is 30.6 Å². The third-order valence-electron chi connectivity index (χ3n) is 8.35. The molecule has 0 bridgehead atoms. The summed E-state index contributed by atoms with van der Waals surface area (Å²) in [6, 6.07) is 29.6. The molecular formula is C34H32ClFN2O. The van der Waals surface area contributed by atoms with E-state index >= 15 is 0 Å². The Balaban J connectivity index is 1.34. The Morgan fingerprint density at radius 2 is 1.56 bits per heavy atom. The van der Waals surface area contributed by atoms with Crippen molar-refractivity contribution >= 4 is 17.5 Å². The molecule has 0 spiro atoms. The zero-order valence-electron chi connectivity index (χ0n) is 22.1. The molecule has 3 nitrogen and oxygen atoms in total. The third-order valence-corrected chi connectivity index (χ3v) is 8.58. The second-order valence-electron chi connectivity index (χ2n) is 10.8. The molecule has 1 atom stereocenters. The fourth-order valence-corrected chi connectivity index (χ4v) is 6.49. The molecule has 0 fully saturated rings. The van der Waals surface area contributed by atoms with Gasteiger partial charge in [-0.25, -0.2) is 4.39 Å². The van der Waals surface area contributed by atoms with Crippen molar-refractivity contribution in [2.24, 2.45) is 0 Å². The minimum atomic E-state index is -0.273. The molecule has 0 radical (unpaired) electrons. The molecule has 5 heteroatoms. The maximum Gasteiger partial charge on any atom is 0.237 e. The number of hydrogen-bond donors (Lipinski definition) is 0. The van der Waals surface area contributed by atoms with Crippen molar-refractivity contribution in [1.82, 2.24) is 9.80 Å². The van der Waals surface area contributed by atoms with Crippen molar-refractivity contribution in [1.29, 1.82) is 0 Å². The van der Waals surface area contributed by atoms with Gasteiger partial charge in [-0.2, -0.15) is 0 Å². The molecule has 1 aliphatic carbocycles. The summed E-state index contributed by atoms with van der Waals surface area (Å²) in [5.74, 6) is -0.245. The van der Waals surface area contributed by atoms with E-state index in [-0.39, 0.29) is 36.9 Å². The van der Waals surface area contributed by atoms with Crippen LogP contribution in [0.1, 0.15) is 45.0 Å². The van der Waals surface area contributed by atoms with Crippen LogP contribution < -0.4 is 0 Å². The number of halogens is 2. The van der Waals surface area contributed by atoms with Gasteiger partial charge in [-0.1, -0.05) is 84.4 Å². The molecule has 1 unspecified atom stereocenters. The van der Waals surface area contributed by atoms with Crippen molar-refractivity contribution < 1.29 is 9.18 Å². The van der Waals surface area contributed by atoms with Crippen LogP contribution in [0.5, 0.6) is 0 Å². The van der Waals surface area contributed by atoms with Gasteiger partial charge in [-0.15, -0.1) is 0 Å². The van der Waals surface area contributed by atoms with Gasteiger partial charge in [-0.3, -0.25) is 9.69 Å². The molecule has 1 heterocycles. The van der Waals surface area contributed by atoms with Gasteiger partial charge >= 0.3 is 0 Å². The van der Waals surface area contributed by atoms with Crippen LogP contribution in [0.4, 0.5) is 4.39 Å². The molecule has 4 aromatic carbocycles. The maximum absolute atomic E-state index is 14.8. The molecule has 39 heavy (non-hydrogen) atoms. The number of fused-ring (bicyclic) bond motifs is 2. The summed E-state index contributed by atoms with van der Waals surface area (Å²) >= 11 is 6.47. The van der Waals surface area contributed by atoms with Crippen LogP contribution in [0.25, 0.3) is 0 Å². The van der Waals surface area contributed by atoms with E-state index in [1.807, 2.05) is 35.2 Å². The number of nitrogens with zero attached hydrogens (tertiary/aromatic N) is 2. The highest BCUT2D eigenvalue weighted by molar-refractivity contribution is 6.30. The zero-order valence-corrected chi connectivity index (χ0v) is 22.9. The predicted molar refractivity (Wildman–Crippen MR) is 154 cm³/mol. The Hall–Kier alpha value is -3.47. The van der Waals surface area contributed by atoms with Crippen molar-refractivity contribution in [3.8, 4) is 0 Å². The van der Waals surface area contributed by atoms with Crippen LogP contribution in [0, 0.1) is 12.7 Å². The lowest BCUT2D eigenvalue weighted by Crippen LogP contribution is -2.48. The fourth-order valence-electron chi connectivity index (χ4n) is 6.31. The average molecular weight is 539 g/mol. The predicted octanol–water partition coefficient (Wildman–Crippen LogP) is 6.93. The highest BCUT2D eigenvalue weighted by Crippen LogP contribution is 2.38. The number of rotatable bonds is 6. The normalized spacial score (nSPS) is 17.1. The SMILES string of the molecule is Cc1ccc(Cl)cc1C1c2ccccc2CCN1CC(=O)N(Cc1ccccc1F)C1Cc2ccccc2C1. The lowest BCUT2D eigenvalue weighted by molar-refractivity contribution is -0.136. The second kappa shape index (κ2) is 11.0. The molecule has 0 saturated carbocycles. The highest BCUT2D eigenvalue weighted by Gasteiger charge is 2.35. The van der Waals surface area contributed by atoms with Gasteiger partial charge in [0.05, 0.1) is 12.6 Å². The van der Waals surface area contributed by atoms with E-state index in [0.717, 1.165) is 36.9 Å². The molecule has 198 valence electrons. The molecule has 0 N–H and O–H groups in total. The number of hydrogen-bond acceptors (Lipinski definition) is 2. The van der Waals surface area contributed by atoms with Crippen molar-refractivity contribution in [2.45, 2.75) is 44.8 Å². The van der Waals surface area contributed by atoms with E-state index in [2.05, 4.69) is 54.3 Å². The van der Waals surface area contributed by atoms with Crippen LogP contribution in [-0.4, -0.2) is 34.8 Å². The summed E-state index contributed by atoms with van der Waals surface area (Å²) < 4.78 is 14.8. The van der Waals surface area contributed by atoms with Gasteiger partial charge in [0.1, 0.15) is 5.82 Å². The van der Waals surface area contributed by atoms with Crippen molar-refractivity contribution in [2.75, 3.05) is 13.1 Å². The topological polar surface area (TPSA) is 23.6 Å². The Bertz CT molecular complexity index is 1490. The van der Waals surface area contributed by atoms with Gasteiger partial charge in [0.2, 0.25) is 5.91 Å². The first-order valence-corrected chi connectivity index (χ1v) is 14.0. The number of amides is 1. The molecule has 1 amide bonds. The Morgan fingerprint density at radius 3 is 2.31 bits per heavy atom. The van der Waals surface area contributed by atoms with Gasteiger partial charge in [-0.05, 0) is 77.8 Å². The largest absolute Gasteiger partial charge is 0.333 e. The Morgan fingerprint density at radius 1 is 0.897 bits per heavy atom. The van der Waals surface area contributed by atoms with Gasteiger partial charge in [0.15, 0.2) is 0 Å².